The van der Waals surface area contributed by atoms with Crippen molar-refractivity contribution < 1.29 is 23.0 Å². The van der Waals surface area contributed by atoms with Crippen molar-refractivity contribution in [3.05, 3.63) is 95.6 Å². The van der Waals surface area contributed by atoms with E-state index in [2.05, 4.69) is 9.62 Å². The lowest BCUT2D eigenvalue weighted by Gasteiger charge is -2.39. The Hall–Kier alpha value is -2.75. The van der Waals surface area contributed by atoms with Crippen molar-refractivity contribution in [2.45, 2.75) is 68.5 Å². The number of nitrogens with one attached hydrogen (secondary N) is 1. The van der Waals surface area contributed by atoms with Gasteiger partial charge in [0.05, 0.1) is 23.7 Å². The van der Waals surface area contributed by atoms with Gasteiger partial charge in [0.15, 0.2) is 6.29 Å². The summed E-state index contributed by atoms with van der Waals surface area (Å²) >= 11 is 0. The van der Waals surface area contributed by atoms with Crippen LogP contribution in [0.2, 0.25) is 0 Å². The summed E-state index contributed by atoms with van der Waals surface area (Å²) in [6.07, 6.45) is 6.17. The Morgan fingerprint density at radius 1 is 0.821 bits per heavy atom. The van der Waals surface area contributed by atoms with Gasteiger partial charge in [-0.1, -0.05) is 73.9 Å². The average Bonchev–Trinajstić information content (AvgIpc) is 2.95. The van der Waals surface area contributed by atoms with Gasteiger partial charge in [0.2, 0.25) is 0 Å². The molecule has 5 rings (SSSR count). The monoisotopic (exact) mass is 550 g/mol. The van der Waals surface area contributed by atoms with Crippen LogP contribution in [0.1, 0.15) is 67.6 Å². The molecule has 2 heterocycles. The van der Waals surface area contributed by atoms with Gasteiger partial charge >= 0.3 is 0 Å². The van der Waals surface area contributed by atoms with Crippen molar-refractivity contribution in [3.8, 4) is 0 Å². The lowest BCUT2D eigenvalue weighted by molar-refractivity contribution is -0.253. The molecule has 0 amide bonds. The Bertz CT molecular complexity index is 1290. The van der Waals surface area contributed by atoms with Crippen LogP contribution in [0.5, 0.6) is 0 Å². The lowest BCUT2D eigenvalue weighted by Crippen LogP contribution is -2.40. The normalized spacial score (nSPS) is 23.1. The summed E-state index contributed by atoms with van der Waals surface area (Å²) in [7, 11) is -3.72. The fourth-order valence-corrected chi connectivity index (χ4v) is 6.45. The maximum atomic E-state index is 12.9. The first kappa shape index (κ1) is 27.8. The summed E-state index contributed by atoms with van der Waals surface area (Å²) in [5, 5.41) is 9.47. The van der Waals surface area contributed by atoms with Gasteiger partial charge in [0, 0.05) is 24.2 Å². The Morgan fingerprint density at radius 2 is 1.54 bits per heavy atom. The molecule has 3 atom stereocenters. The van der Waals surface area contributed by atoms with E-state index in [4.69, 9.17) is 9.47 Å². The summed E-state index contributed by atoms with van der Waals surface area (Å²) in [5.74, 6) is 0. The second-order valence-corrected chi connectivity index (χ2v) is 12.1. The molecule has 0 saturated carbocycles. The maximum absolute atomic E-state index is 12.9. The molecule has 8 heteroatoms. The minimum absolute atomic E-state index is 0.000800. The van der Waals surface area contributed by atoms with E-state index in [-0.39, 0.29) is 23.7 Å². The van der Waals surface area contributed by atoms with Gasteiger partial charge in [-0.15, -0.1) is 0 Å². The van der Waals surface area contributed by atoms with E-state index in [1.807, 2.05) is 36.4 Å². The van der Waals surface area contributed by atoms with E-state index in [0.29, 0.717) is 5.69 Å². The van der Waals surface area contributed by atoms with Crippen molar-refractivity contribution in [1.82, 2.24) is 4.90 Å². The third-order valence-corrected chi connectivity index (χ3v) is 8.89. The number of hydrogen-bond acceptors (Lipinski definition) is 6. The molecule has 3 aromatic carbocycles. The quantitative estimate of drug-likeness (QED) is 0.369. The minimum atomic E-state index is -3.72. The van der Waals surface area contributed by atoms with E-state index in [1.54, 1.807) is 42.5 Å². The third-order valence-electron chi connectivity index (χ3n) is 7.49. The molecule has 2 saturated heterocycles. The minimum Gasteiger partial charge on any atom is -0.392 e. The number of likely N-dealkylation sites (tertiary alicyclic amines) is 1. The molecule has 7 nitrogen and oxygen atoms in total. The Balaban J connectivity index is 1.37. The standard InChI is InChI=1S/C31H38N2O5S/c34-23-24-14-16-25(17-15-24)30-21-28(22-33-18-7-2-1-3-8-19-33)37-31(38-30)26-10-9-11-27(20-26)32-39(35,36)29-12-5-4-6-13-29/h4-6,9-17,20,28,30-32,34H,1-3,7-8,18-19,21-23H2/t28-,30+,31+/m0/s1. The molecule has 2 N–H and O–H groups in total. The molecule has 2 aliphatic heterocycles. The Kier molecular flexibility index (Phi) is 9.32. The third kappa shape index (κ3) is 7.47. The number of aliphatic hydroxyl groups excluding tert-OH is 1. The first-order chi connectivity index (χ1) is 19.0. The van der Waals surface area contributed by atoms with E-state index < -0.39 is 16.3 Å². The fraction of sp³-hybridized carbons (Fsp3) is 0.419. The van der Waals surface area contributed by atoms with E-state index in [0.717, 1.165) is 42.7 Å². The van der Waals surface area contributed by atoms with Gasteiger partial charge in [0.1, 0.15) is 0 Å². The van der Waals surface area contributed by atoms with Crippen molar-refractivity contribution in [3.63, 3.8) is 0 Å². The number of anilines is 1. The lowest BCUT2D eigenvalue weighted by atomic mass is 9.99. The molecule has 3 aromatic rings. The van der Waals surface area contributed by atoms with Crippen LogP contribution in [0.25, 0.3) is 0 Å². The molecule has 0 unspecified atom stereocenters. The van der Waals surface area contributed by atoms with Crippen LogP contribution in [0.3, 0.4) is 0 Å². The average molecular weight is 551 g/mol. The molecule has 0 radical (unpaired) electrons. The van der Waals surface area contributed by atoms with Gasteiger partial charge in [-0.05, 0) is 61.3 Å². The van der Waals surface area contributed by atoms with Crippen LogP contribution in [0.15, 0.2) is 83.8 Å². The molecular formula is C31H38N2O5S. The number of nitrogens with zero attached hydrogens (tertiary/aromatic N) is 1. The molecule has 0 bridgehead atoms. The number of rotatable bonds is 8. The predicted molar refractivity (Wildman–Crippen MR) is 152 cm³/mol. The predicted octanol–water partition coefficient (Wildman–Crippen LogP) is 5.79. The van der Waals surface area contributed by atoms with Crippen molar-refractivity contribution in [2.24, 2.45) is 0 Å². The summed E-state index contributed by atoms with van der Waals surface area (Å²) in [4.78, 5) is 2.72. The summed E-state index contributed by atoms with van der Waals surface area (Å²) in [5.41, 5.74) is 3.12. The molecular weight excluding hydrogens is 512 g/mol. The molecule has 208 valence electrons. The zero-order valence-corrected chi connectivity index (χ0v) is 23.1. The maximum Gasteiger partial charge on any atom is 0.261 e. The second kappa shape index (κ2) is 13.1. The van der Waals surface area contributed by atoms with Crippen LogP contribution < -0.4 is 4.72 Å². The zero-order valence-electron chi connectivity index (χ0n) is 22.2. The first-order valence-corrected chi connectivity index (χ1v) is 15.4. The van der Waals surface area contributed by atoms with E-state index in [9.17, 15) is 13.5 Å². The Labute approximate surface area is 231 Å². The highest BCUT2D eigenvalue weighted by Crippen LogP contribution is 2.39. The molecule has 39 heavy (non-hydrogen) atoms. The van der Waals surface area contributed by atoms with E-state index in [1.165, 1.54) is 32.1 Å². The topological polar surface area (TPSA) is 88.1 Å². The number of aliphatic hydroxyl groups is 1. The van der Waals surface area contributed by atoms with Gasteiger partial charge in [-0.2, -0.15) is 0 Å². The molecule has 2 fully saturated rings. The summed E-state index contributed by atoms with van der Waals surface area (Å²) in [6.45, 7) is 3.00. The largest absolute Gasteiger partial charge is 0.392 e. The van der Waals surface area contributed by atoms with Crippen LogP contribution in [0, 0.1) is 0 Å². The Morgan fingerprint density at radius 3 is 2.26 bits per heavy atom. The van der Waals surface area contributed by atoms with Crippen molar-refractivity contribution in [2.75, 3.05) is 24.4 Å². The number of ether oxygens (including phenoxy) is 2. The zero-order chi connectivity index (χ0) is 27.1. The highest BCUT2D eigenvalue weighted by atomic mass is 32.2. The van der Waals surface area contributed by atoms with Crippen molar-refractivity contribution >= 4 is 15.7 Å². The molecule has 2 aliphatic rings. The van der Waals surface area contributed by atoms with Crippen molar-refractivity contribution in [1.29, 1.82) is 0 Å². The summed E-state index contributed by atoms with van der Waals surface area (Å²) < 4.78 is 41.5. The number of hydrogen-bond donors (Lipinski definition) is 2. The highest BCUT2D eigenvalue weighted by molar-refractivity contribution is 7.92. The van der Waals surface area contributed by atoms with Crippen LogP contribution in [-0.2, 0) is 26.1 Å². The van der Waals surface area contributed by atoms with E-state index >= 15 is 0 Å². The molecule has 0 aliphatic carbocycles. The van der Waals surface area contributed by atoms with Gasteiger partial charge in [0.25, 0.3) is 10.0 Å². The highest BCUT2D eigenvalue weighted by Gasteiger charge is 2.33. The van der Waals surface area contributed by atoms with Gasteiger partial charge in [-0.3, -0.25) is 4.72 Å². The SMILES string of the molecule is O=S(=O)(Nc1cccc([C@@H]2O[C@H](CN3CCCCCCC3)C[C@H](c3ccc(CO)cc3)O2)c1)c1ccccc1. The van der Waals surface area contributed by atoms with Gasteiger partial charge in [-0.25, -0.2) is 8.42 Å². The van der Waals surface area contributed by atoms with Crippen LogP contribution in [-0.4, -0.2) is 44.2 Å². The summed E-state index contributed by atoms with van der Waals surface area (Å²) in [6, 6.07) is 23.5. The van der Waals surface area contributed by atoms with Crippen LogP contribution >= 0.6 is 0 Å². The molecule has 0 aromatic heterocycles. The van der Waals surface area contributed by atoms with Crippen LogP contribution in [0.4, 0.5) is 5.69 Å². The smallest absolute Gasteiger partial charge is 0.261 e. The number of benzene rings is 3. The second-order valence-electron chi connectivity index (χ2n) is 10.5. The van der Waals surface area contributed by atoms with Gasteiger partial charge < -0.3 is 19.5 Å². The molecule has 0 spiro atoms. The fourth-order valence-electron chi connectivity index (χ4n) is 5.38. The number of sulfonamides is 1. The first-order valence-electron chi connectivity index (χ1n) is 13.9.